The van der Waals surface area contributed by atoms with E-state index in [1.807, 2.05) is 12.1 Å². The van der Waals surface area contributed by atoms with Gasteiger partial charge in [0.15, 0.2) is 11.5 Å². The summed E-state index contributed by atoms with van der Waals surface area (Å²) in [7, 11) is 3.27. The maximum Gasteiger partial charge on any atom is 0.162 e. The fraction of sp³-hybridized carbons (Fsp3) is 0.500. The second kappa shape index (κ2) is 7.23. The van der Waals surface area contributed by atoms with Crippen molar-refractivity contribution in [3.63, 3.8) is 0 Å². The third kappa shape index (κ3) is 3.30. The first kappa shape index (κ1) is 16.1. The number of hydrogen-bond acceptors (Lipinski definition) is 7. The van der Waals surface area contributed by atoms with E-state index in [0.29, 0.717) is 11.5 Å². The summed E-state index contributed by atoms with van der Waals surface area (Å²) < 4.78 is 10.7. The van der Waals surface area contributed by atoms with Crippen LogP contribution in [-0.4, -0.2) is 43.0 Å². The van der Waals surface area contributed by atoms with E-state index in [2.05, 4.69) is 14.9 Å². The summed E-state index contributed by atoms with van der Waals surface area (Å²) >= 11 is 1.42. The molecule has 2 aromatic rings. The third-order valence-electron chi connectivity index (χ3n) is 4.25. The molecule has 1 aromatic carbocycles. The summed E-state index contributed by atoms with van der Waals surface area (Å²) in [6, 6.07) is 3.86. The van der Waals surface area contributed by atoms with Crippen molar-refractivity contribution < 1.29 is 9.47 Å². The standard InChI is InChI=1S/C16H22N4O2S/c1-21-14-6-12-13(7-15(14)22-2)18-10-19-16(12)20-8-11(9-20)4-3-5-23-17/h6-7,10-11H,3-5,8-9,17H2,1-2H3. The minimum absolute atomic E-state index is 0.686. The summed E-state index contributed by atoms with van der Waals surface area (Å²) in [5.41, 5.74) is 0.871. The molecular formula is C16H22N4O2S. The molecule has 1 saturated heterocycles. The quantitative estimate of drug-likeness (QED) is 0.616. The lowest BCUT2D eigenvalue weighted by atomic mass is 9.94. The Kier molecular flexibility index (Phi) is 5.07. The van der Waals surface area contributed by atoms with Gasteiger partial charge >= 0.3 is 0 Å². The molecule has 0 unspecified atom stereocenters. The third-order valence-corrected chi connectivity index (χ3v) is 4.78. The van der Waals surface area contributed by atoms with Gasteiger partial charge in [0.2, 0.25) is 0 Å². The van der Waals surface area contributed by atoms with Crippen LogP contribution >= 0.6 is 11.9 Å². The van der Waals surface area contributed by atoms with Gasteiger partial charge in [-0.25, -0.2) is 9.97 Å². The highest BCUT2D eigenvalue weighted by Crippen LogP contribution is 2.36. The highest BCUT2D eigenvalue weighted by atomic mass is 32.2. The van der Waals surface area contributed by atoms with E-state index in [-0.39, 0.29) is 0 Å². The molecule has 2 heterocycles. The zero-order valence-corrected chi connectivity index (χ0v) is 14.3. The van der Waals surface area contributed by atoms with Gasteiger partial charge < -0.3 is 14.4 Å². The second-order valence-electron chi connectivity index (χ2n) is 5.71. The van der Waals surface area contributed by atoms with Gasteiger partial charge in [-0.05, 0) is 24.8 Å². The van der Waals surface area contributed by atoms with Gasteiger partial charge in [0, 0.05) is 30.3 Å². The summed E-state index contributed by atoms with van der Waals surface area (Å²) in [6.07, 6.45) is 4.01. The highest BCUT2D eigenvalue weighted by molar-refractivity contribution is 7.97. The van der Waals surface area contributed by atoms with Crippen molar-refractivity contribution in [2.24, 2.45) is 11.1 Å². The maximum absolute atomic E-state index is 5.47. The maximum atomic E-state index is 5.47. The Labute approximate surface area is 140 Å². The van der Waals surface area contributed by atoms with Crippen LogP contribution in [0.3, 0.4) is 0 Å². The first-order chi connectivity index (χ1) is 11.3. The second-order valence-corrected chi connectivity index (χ2v) is 6.45. The lowest BCUT2D eigenvalue weighted by molar-refractivity contribution is 0.355. The Bertz CT molecular complexity index is 676. The molecule has 0 radical (unpaired) electrons. The number of anilines is 1. The van der Waals surface area contributed by atoms with Crippen molar-refractivity contribution in [3.05, 3.63) is 18.5 Å². The van der Waals surface area contributed by atoms with Crippen molar-refractivity contribution in [1.29, 1.82) is 0 Å². The van der Waals surface area contributed by atoms with Crippen molar-refractivity contribution in [2.45, 2.75) is 12.8 Å². The molecule has 1 aliphatic rings. The van der Waals surface area contributed by atoms with Gasteiger partial charge in [-0.2, -0.15) is 0 Å². The molecular weight excluding hydrogens is 312 g/mol. The van der Waals surface area contributed by atoms with Crippen LogP contribution in [0.4, 0.5) is 5.82 Å². The van der Waals surface area contributed by atoms with Gasteiger partial charge in [-0.3, -0.25) is 5.14 Å². The smallest absolute Gasteiger partial charge is 0.162 e. The minimum atomic E-state index is 0.686. The number of rotatable bonds is 7. The van der Waals surface area contributed by atoms with Crippen LogP contribution in [0.25, 0.3) is 10.9 Å². The van der Waals surface area contributed by atoms with E-state index in [0.717, 1.165) is 41.5 Å². The molecule has 124 valence electrons. The highest BCUT2D eigenvalue weighted by Gasteiger charge is 2.28. The normalized spacial score (nSPS) is 14.8. The zero-order chi connectivity index (χ0) is 16.2. The van der Waals surface area contributed by atoms with E-state index < -0.39 is 0 Å². The molecule has 1 aliphatic heterocycles. The summed E-state index contributed by atoms with van der Waals surface area (Å²) in [4.78, 5) is 11.1. The molecule has 3 rings (SSSR count). The molecule has 0 bridgehead atoms. The fourth-order valence-corrected chi connectivity index (χ4v) is 3.34. The molecule has 7 heteroatoms. The topological polar surface area (TPSA) is 73.5 Å². The van der Waals surface area contributed by atoms with E-state index in [9.17, 15) is 0 Å². The van der Waals surface area contributed by atoms with Crippen LogP contribution in [0.1, 0.15) is 12.8 Å². The Balaban J connectivity index is 1.79. The number of nitrogens with zero attached hydrogens (tertiary/aromatic N) is 3. The van der Waals surface area contributed by atoms with Crippen molar-refractivity contribution in [3.8, 4) is 11.5 Å². The number of aromatic nitrogens is 2. The number of methoxy groups -OCH3 is 2. The molecule has 1 aromatic heterocycles. The molecule has 23 heavy (non-hydrogen) atoms. The van der Waals surface area contributed by atoms with Crippen LogP contribution < -0.4 is 19.5 Å². The van der Waals surface area contributed by atoms with Crippen molar-refractivity contribution in [2.75, 3.05) is 38.0 Å². The first-order valence-electron chi connectivity index (χ1n) is 7.70. The lowest BCUT2D eigenvalue weighted by Crippen LogP contribution is -2.47. The van der Waals surface area contributed by atoms with Crippen LogP contribution in [0.5, 0.6) is 11.5 Å². The summed E-state index contributed by atoms with van der Waals surface area (Å²) in [5.74, 6) is 4.12. The number of hydrogen-bond donors (Lipinski definition) is 1. The van der Waals surface area contributed by atoms with Crippen LogP contribution in [0.2, 0.25) is 0 Å². The van der Waals surface area contributed by atoms with Gasteiger partial charge in [-0.1, -0.05) is 11.9 Å². The Hall–Kier alpha value is -1.73. The molecule has 0 atom stereocenters. The summed E-state index contributed by atoms with van der Waals surface area (Å²) in [6.45, 7) is 2.07. The van der Waals surface area contributed by atoms with E-state index in [1.165, 1.54) is 24.8 Å². The van der Waals surface area contributed by atoms with Crippen LogP contribution in [0.15, 0.2) is 18.5 Å². The average molecular weight is 334 g/mol. The molecule has 0 amide bonds. The van der Waals surface area contributed by atoms with Gasteiger partial charge in [-0.15, -0.1) is 0 Å². The molecule has 0 aliphatic carbocycles. The van der Waals surface area contributed by atoms with E-state index >= 15 is 0 Å². The Morgan fingerprint density at radius 3 is 2.65 bits per heavy atom. The SMILES string of the molecule is COc1cc2ncnc(N3CC(CCCSN)C3)c2cc1OC. The molecule has 6 nitrogen and oxygen atoms in total. The van der Waals surface area contributed by atoms with Crippen molar-refractivity contribution >= 4 is 28.7 Å². The van der Waals surface area contributed by atoms with Gasteiger partial charge in [0.25, 0.3) is 0 Å². The van der Waals surface area contributed by atoms with E-state index in [1.54, 1.807) is 20.5 Å². The Morgan fingerprint density at radius 1 is 1.22 bits per heavy atom. The van der Waals surface area contributed by atoms with Gasteiger partial charge in [0.05, 0.1) is 19.7 Å². The number of fused-ring (bicyclic) bond motifs is 1. The number of nitrogens with two attached hydrogens (primary N) is 1. The molecule has 2 N–H and O–H groups in total. The molecule has 0 saturated carbocycles. The first-order valence-corrected chi connectivity index (χ1v) is 8.75. The predicted octanol–water partition coefficient (Wildman–Crippen LogP) is 2.47. The lowest BCUT2D eigenvalue weighted by Gasteiger charge is -2.40. The fourth-order valence-electron chi connectivity index (χ4n) is 3.00. The summed E-state index contributed by atoms with van der Waals surface area (Å²) in [5, 5.41) is 6.47. The van der Waals surface area contributed by atoms with Crippen molar-refractivity contribution in [1.82, 2.24) is 9.97 Å². The largest absolute Gasteiger partial charge is 0.493 e. The zero-order valence-electron chi connectivity index (χ0n) is 13.5. The number of ether oxygens (including phenoxy) is 2. The molecule has 1 fully saturated rings. The van der Waals surface area contributed by atoms with E-state index in [4.69, 9.17) is 14.6 Å². The molecule has 0 spiro atoms. The predicted molar refractivity (Wildman–Crippen MR) is 94.2 cm³/mol. The Morgan fingerprint density at radius 2 is 1.96 bits per heavy atom. The van der Waals surface area contributed by atoms with Crippen LogP contribution in [-0.2, 0) is 0 Å². The van der Waals surface area contributed by atoms with Gasteiger partial charge in [0.1, 0.15) is 12.1 Å². The van der Waals surface area contributed by atoms with Crippen LogP contribution in [0, 0.1) is 5.92 Å². The monoisotopic (exact) mass is 334 g/mol. The minimum Gasteiger partial charge on any atom is -0.493 e. The number of benzene rings is 1. The average Bonchev–Trinajstić information content (AvgIpc) is 2.55.